The van der Waals surface area contributed by atoms with E-state index >= 15 is 0 Å². The predicted octanol–water partition coefficient (Wildman–Crippen LogP) is 5.79. The van der Waals surface area contributed by atoms with Gasteiger partial charge in [-0.15, -0.1) is 22.7 Å². The highest BCUT2D eigenvalue weighted by molar-refractivity contribution is 14.1. The van der Waals surface area contributed by atoms with Crippen LogP contribution in [0.4, 0.5) is 0 Å². The highest BCUT2D eigenvalue weighted by Gasteiger charge is 2.05. The van der Waals surface area contributed by atoms with Crippen LogP contribution in [0.3, 0.4) is 0 Å². The first-order valence-corrected chi connectivity index (χ1v) is 9.64. The molecule has 2 aromatic heterocycles. The smallest absolute Gasteiger partial charge is 0.100 e. The topological polar surface area (TPSA) is 23.8 Å². The Balaban J connectivity index is 1.86. The van der Waals surface area contributed by atoms with Crippen LogP contribution in [-0.2, 0) is 6.42 Å². The quantitative estimate of drug-likeness (QED) is 0.371. The summed E-state index contributed by atoms with van der Waals surface area (Å²) in [6, 6.07) is 12.4. The molecule has 1 aromatic carbocycles. The number of benzene rings is 1. The molecule has 22 heavy (non-hydrogen) atoms. The molecule has 0 aliphatic heterocycles. The van der Waals surface area contributed by atoms with Gasteiger partial charge in [0.15, 0.2) is 0 Å². The van der Waals surface area contributed by atoms with Gasteiger partial charge in [-0.05, 0) is 59.3 Å². The van der Waals surface area contributed by atoms with Crippen molar-refractivity contribution in [1.29, 1.82) is 5.26 Å². The Morgan fingerprint density at radius 2 is 1.91 bits per heavy atom. The summed E-state index contributed by atoms with van der Waals surface area (Å²) in [5.74, 6) is 6.44. The highest BCUT2D eigenvalue weighted by atomic mass is 127. The maximum absolute atomic E-state index is 8.95. The van der Waals surface area contributed by atoms with Crippen LogP contribution in [0.2, 0.25) is 0 Å². The average Bonchev–Trinajstić information content (AvgIpc) is 3.03. The molecule has 2 heterocycles. The van der Waals surface area contributed by atoms with Gasteiger partial charge in [-0.25, -0.2) is 0 Å². The molecular weight excluding hydrogens is 421 g/mol. The molecule has 4 heteroatoms. The van der Waals surface area contributed by atoms with E-state index in [1.54, 1.807) is 11.3 Å². The summed E-state index contributed by atoms with van der Waals surface area (Å²) in [5, 5.41) is 8.95. The third-order valence-corrected chi connectivity index (χ3v) is 6.34. The highest BCUT2D eigenvalue weighted by Crippen LogP contribution is 2.33. The molecule has 0 N–H and O–H groups in total. The first-order valence-electron chi connectivity index (χ1n) is 6.93. The van der Waals surface area contributed by atoms with Crippen molar-refractivity contribution in [3.8, 4) is 17.9 Å². The summed E-state index contributed by atoms with van der Waals surface area (Å²) in [6.07, 6.45) is 2.36. The molecule has 0 radical (unpaired) electrons. The van der Waals surface area contributed by atoms with Gasteiger partial charge in [-0.3, -0.25) is 0 Å². The minimum absolute atomic E-state index is 0.700. The zero-order valence-electron chi connectivity index (χ0n) is 11.9. The molecule has 0 amide bonds. The van der Waals surface area contributed by atoms with Crippen molar-refractivity contribution in [2.75, 3.05) is 0 Å². The molecule has 0 spiro atoms. The Hall–Kier alpha value is -1.34. The van der Waals surface area contributed by atoms with Crippen LogP contribution in [0.25, 0.3) is 9.40 Å². The zero-order valence-corrected chi connectivity index (χ0v) is 15.7. The zero-order chi connectivity index (χ0) is 15.5. The Morgan fingerprint density at radius 3 is 2.59 bits per heavy atom. The number of hydrogen-bond acceptors (Lipinski definition) is 3. The molecule has 108 valence electrons. The number of nitriles is 1. The van der Waals surface area contributed by atoms with Gasteiger partial charge in [0.1, 0.15) is 6.07 Å². The summed E-state index contributed by atoms with van der Waals surface area (Å²) >= 11 is 5.81. The van der Waals surface area contributed by atoms with Gasteiger partial charge in [0.2, 0.25) is 0 Å². The number of aryl methyl sites for hydroxylation is 1. The van der Waals surface area contributed by atoms with Gasteiger partial charge in [0.25, 0.3) is 0 Å². The number of thiophene rings is 2. The standard InChI is InChI=1S/C18H12INS2/c1-2-3-14-9-17-18(21-14)10-15(22-17)7-5-12-4-6-13(11-20)16(19)8-12/h4,6,8-10H,2-3H2,1H3. The fourth-order valence-corrected chi connectivity index (χ4v) is 5.15. The van der Waals surface area contributed by atoms with E-state index in [0.717, 1.165) is 20.4 Å². The summed E-state index contributed by atoms with van der Waals surface area (Å²) in [5.41, 5.74) is 1.65. The van der Waals surface area contributed by atoms with Crippen LogP contribution in [0.5, 0.6) is 0 Å². The van der Waals surface area contributed by atoms with E-state index in [0.29, 0.717) is 5.56 Å². The molecule has 0 aliphatic rings. The number of hydrogen-bond donors (Lipinski definition) is 0. The molecule has 3 rings (SSSR count). The lowest BCUT2D eigenvalue weighted by atomic mass is 10.1. The van der Waals surface area contributed by atoms with Gasteiger partial charge >= 0.3 is 0 Å². The van der Waals surface area contributed by atoms with Gasteiger partial charge in [-0.2, -0.15) is 5.26 Å². The first-order chi connectivity index (χ1) is 10.7. The Bertz CT molecular complexity index is 900. The van der Waals surface area contributed by atoms with Gasteiger partial charge in [0, 0.05) is 23.4 Å². The van der Waals surface area contributed by atoms with Crippen molar-refractivity contribution in [3.63, 3.8) is 0 Å². The first kappa shape index (κ1) is 15.6. The summed E-state index contributed by atoms with van der Waals surface area (Å²) < 4.78 is 3.63. The van der Waals surface area contributed by atoms with Crippen molar-refractivity contribution < 1.29 is 0 Å². The van der Waals surface area contributed by atoms with E-state index in [4.69, 9.17) is 5.26 Å². The van der Waals surface area contributed by atoms with Crippen LogP contribution in [0, 0.1) is 26.7 Å². The summed E-state index contributed by atoms with van der Waals surface area (Å²) in [7, 11) is 0. The van der Waals surface area contributed by atoms with Crippen LogP contribution >= 0.6 is 45.3 Å². The molecule has 1 nitrogen and oxygen atoms in total. The van der Waals surface area contributed by atoms with Crippen LogP contribution in [-0.4, -0.2) is 0 Å². The van der Waals surface area contributed by atoms with E-state index in [9.17, 15) is 0 Å². The fourth-order valence-electron chi connectivity index (χ4n) is 2.13. The molecule has 0 fully saturated rings. The molecule has 0 bridgehead atoms. The van der Waals surface area contributed by atoms with E-state index < -0.39 is 0 Å². The van der Waals surface area contributed by atoms with E-state index in [1.807, 2.05) is 29.5 Å². The van der Waals surface area contributed by atoms with E-state index in [-0.39, 0.29) is 0 Å². The maximum Gasteiger partial charge on any atom is 0.100 e. The van der Waals surface area contributed by atoms with E-state index in [1.165, 1.54) is 20.7 Å². The number of nitrogens with zero attached hydrogens (tertiary/aromatic N) is 1. The number of rotatable bonds is 2. The molecule has 3 aromatic rings. The van der Waals surface area contributed by atoms with Crippen molar-refractivity contribution in [2.45, 2.75) is 19.8 Å². The Morgan fingerprint density at radius 1 is 1.09 bits per heavy atom. The maximum atomic E-state index is 8.95. The van der Waals surface area contributed by atoms with Crippen molar-refractivity contribution in [2.24, 2.45) is 0 Å². The predicted molar refractivity (Wildman–Crippen MR) is 104 cm³/mol. The van der Waals surface area contributed by atoms with E-state index in [2.05, 4.69) is 59.6 Å². The van der Waals surface area contributed by atoms with Crippen molar-refractivity contribution in [1.82, 2.24) is 0 Å². The molecule has 0 aliphatic carbocycles. The monoisotopic (exact) mass is 433 g/mol. The van der Waals surface area contributed by atoms with Crippen LogP contribution in [0.15, 0.2) is 30.3 Å². The second-order valence-electron chi connectivity index (χ2n) is 4.86. The molecule has 0 atom stereocenters. The lowest BCUT2D eigenvalue weighted by Gasteiger charge is -1.95. The average molecular weight is 433 g/mol. The van der Waals surface area contributed by atoms with Crippen molar-refractivity contribution in [3.05, 3.63) is 54.8 Å². The van der Waals surface area contributed by atoms with Crippen LogP contribution < -0.4 is 0 Å². The summed E-state index contributed by atoms with van der Waals surface area (Å²) in [6.45, 7) is 2.21. The van der Waals surface area contributed by atoms with Gasteiger partial charge < -0.3 is 0 Å². The largest absolute Gasteiger partial charge is 0.192 e. The molecule has 0 unspecified atom stereocenters. The number of halogens is 1. The Kier molecular flexibility index (Phi) is 4.83. The lowest BCUT2D eigenvalue weighted by Crippen LogP contribution is -1.83. The second-order valence-corrected chi connectivity index (χ2v) is 8.27. The summed E-state index contributed by atoms with van der Waals surface area (Å²) in [4.78, 5) is 2.56. The molecule has 0 saturated carbocycles. The normalized spacial score (nSPS) is 10.2. The minimum Gasteiger partial charge on any atom is -0.192 e. The van der Waals surface area contributed by atoms with Crippen LogP contribution in [0.1, 0.15) is 34.2 Å². The fraction of sp³-hybridized carbons (Fsp3) is 0.167. The molecular formula is C18H12INS2. The van der Waals surface area contributed by atoms with Gasteiger partial charge in [0.05, 0.1) is 10.4 Å². The minimum atomic E-state index is 0.700. The SMILES string of the molecule is CCCc1cc2sc(C#Cc3ccc(C#N)c(I)c3)cc2s1. The Labute approximate surface area is 151 Å². The van der Waals surface area contributed by atoms with Crippen molar-refractivity contribution >= 4 is 54.7 Å². The molecule has 0 saturated heterocycles. The third-order valence-electron chi connectivity index (χ3n) is 3.17. The lowest BCUT2D eigenvalue weighted by molar-refractivity contribution is 0.941. The number of fused-ring (bicyclic) bond motifs is 1. The third kappa shape index (κ3) is 3.35. The second kappa shape index (κ2) is 6.83. The van der Waals surface area contributed by atoms with Gasteiger partial charge in [-0.1, -0.05) is 25.2 Å².